The highest BCUT2D eigenvalue weighted by Gasteiger charge is 2.11. The molecular weight excluding hydrogens is 289 g/mol. The van der Waals surface area contributed by atoms with Gasteiger partial charge in [-0.3, -0.25) is 10.4 Å². The van der Waals surface area contributed by atoms with Gasteiger partial charge in [-0.1, -0.05) is 23.2 Å². The summed E-state index contributed by atoms with van der Waals surface area (Å²) in [7, 11) is 0. The molecule has 0 aromatic carbocycles. The number of pyridine rings is 1. The number of anilines is 2. The van der Waals surface area contributed by atoms with Crippen molar-refractivity contribution in [3.63, 3.8) is 0 Å². The van der Waals surface area contributed by atoms with Crippen molar-refractivity contribution in [2.45, 2.75) is 13.8 Å². The van der Waals surface area contributed by atoms with E-state index in [9.17, 15) is 4.79 Å². The zero-order chi connectivity index (χ0) is 14.0. The molecule has 0 spiro atoms. The molecule has 0 radical (unpaired) electrons. The number of urea groups is 1. The van der Waals surface area contributed by atoms with E-state index < -0.39 is 6.03 Å². The van der Waals surface area contributed by atoms with Crippen LogP contribution in [-0.4, -0.2) is 21.2 Å². The van der Waals surface area contributed by atoms with Gasteiger partial charge in [0.15, 0.2) is 0 Å². The number of hydrogen-bond acceptors (Lipinski definition) is 3. The minimum absolute atomic E-state index is 0.311. The number of aromatic amines is 1. The maximum atomic E-state index is 11.8. The van der Waals surface area contributed by atoms with E-state index in [4.69, 9.17) is 23.2 Å². The molecule has 2 amide bonds. The average Bonchev–Trinajstić information content (AvgIpc) is 2.66. The zero-order valence-corrected chi connectivity index (χ0v) is 11.7. The van der Waals surface area contributed by atoms with Gasteiger partial charge in [-0.15, -0.1) is 0 Å². The van der Waals surface area contributed by atoms with Gasteiger partial charge < -0.3 is 5.32 Å². The first-order valence-electron chi connectivity index (χ1n) is 5.38. The van der Waals surface area contributed by atoms with Gasteiger partial charge >= 0.3 is 6.03 Å². The Kier molecular flexibility index (Phi) is 3.92. The highest BCUT2D eigenvalue weighted by molar-refractivity contribution is 6.42. The molecule has 2 heterocycles. The molecule has 0 fully saturated rings. The third kappa shape index (κ3) is 3.15. The number of hydrogen-bond donors (Lipinski definition) is 3. The highest BCUT2D eigenvalue weighted by atomic mass is 35.5. The Labute approximate surface area is 119 Å². The molecule has 0 bridgehead atoms. The fourth-order valence-corrected chi connectivity index (χ4v) is 1.73. The lowest BCUT2D eigenvalue weighted by atomic mass is 10.3. The van der Waals surface area contributed by atoms with E-state index >= 15 is 0 Å². The Morgan fingerprint density at radius 3 is 2.58 bits per heavy atom. The second kappa shape index (κ2) is 5.46. The van der Waals surface area contributed by atoms with E-state index in [2.05, 4.69) is 25.8 Å². The minimum atomic E-state index is -0.432. The van der Waals surface area contributed by atoms with Gasteiger partial charge in [0.1, 0.15) is 5.82 Å². The molecule has 2 aromatic heterocycles. The summed E-state index contributed by atoms with van der Waals surface area (Å²) < 4.78 is 0. The number of carbonyl (C=O) groups excluding carboxylic acids is 1. The minimum Gasteiger partial charge on any atom is -0.304 e. The van der Waals surface area contributed by atoms with E-state index in [1.54, 1.807) is 6.92 Å². The van der Waals surface area contributed by atoms with Crippen LogP contribution >= 0.6 is 23.2 Å². The normalized spacial score (nSPS) is 10.3. The van der Waals surface area contributed by atoms with Crippen molar-refractivity contribution in [1.29, 1.82) is 0 Å². The van der Waals surface area contributed by atoms with Crippen LogP contribution in [0.1, 0.15) is 11.4 Å². The Hall–Kier alpha value is -1.79. The highest BCUT2D eigenvalue weighted by Crippen LogP contribution is 2.23. The van der Waals surface area contributed by atoms with Crippen LogP contribution in [0.2, 0.25) is 10.0 Å². The number of carbonyl (C=O) groups is 1. The summed E-state index contributed by atoms with van der Waals surface area (Å²) in [4.78, 5) is 15.7. The molecule has 3 N–H and O–H groups in total. The summed E-state index contributed by atoms with van der Waals surface area (Å²) in [6, 6.07) is 1.04. The van der Waals surface area contributed by atoms with E-state index in [0.717, 1.165) is 5.69 Å². The third-order valence-electron chi connectivity index (χ3n) is 2.42. The lowest BCUT2D eigenvalue weighted by Crippen LogP contribution is -2.20. The Morgan fingerprint density at radius 1 is 1.26 bits per heavy atom. The molecule has 6 nitrogen and oxygen atoms in total. The van der Waals surface area contributed by atoms with Gasteiger partial charge in [0, 0.05) is 12.3 Å². The van der Waals surface area contributed by atoms with Crippen LogP contribution in [0.3, 0.4) is 0 Å². The number of nitrogens with one attached hydrogen (secondary N) is 3. The van der Waals surface area contributed by atoms with Crippen LogP contribution in [0.25, 0.3) is 0 Å². The van der Waals surface area contributed by atoms with Gasteiger partial charge in [-0.25, -0.2) is 9.78 Å². The fraction of sp³-hybridized carbons (Fsp3) is 0.182. The quantitative estimate of drug-likeness (QED) is 0.795. The van der Waals surface area contributed by atoms with Crippen molar-refractivity contribution in [3.05, 3.63) is 33.7 Å². The van der Waals surface area contributed by atoms with Crippen molar-refractivity contribution >= 4 is 40.7 Å². The smallest absolute Gasteiger partial charge is 0.304 e. The maximum Gasteiger partial charge on any atom is 0.324 e. The lowest BCUT2D eigenvalue weighted by molar-refractivity contribution is 0.262. The van der Waals surface area contributed by atoms with Crippen LogP contribution in [0.4, 0.5) is 16.3 Å². The first-order valence-corrected chi connectivity index (χ1v) is 6.13. The van der Waals surface area contributed by atoms with Crippen molar-refractivity contribution < 1.29 is 4.79 Å². The molecule has 0 aliphatic heterocycles. The largest absolute Gasteiger partial charge is 0.324 e. The van der Waals surface area contributed by atoms with Gasteiger partial charge in [-0.2, -0.15) is 5.10 Å². The number of aryl methyl sites for hydroxylation is 2. The number of rotatable bonds is 2. The molecule has 8 heteroatoms. The number of amides is 2. The molecule has 0 saturated carbocycles. The Bertz CT molecular complexity index is 606. The summed E-state index contributed by atoms with van der Waals surface area (Å²) in [6.07, 6.45) is 1.37. The molecule has 0 aliphatic carbocycles. The summed E-state index contributed by atoms with van der Waals surface area (Å²) in [5, 5.41) is 12.6. The van der Waals surface area contributed by atoms with E-state index in [1.807, 2.05) is 6.92 Å². The summed E-state index contributed by atoms with van der Waals surface area (Å²) >= 11 is 11.6. The topological polar surface area (TPSA) is 82.7 Å². The lowest BCUT2D eigenvalue weighted by Gasteiger charge is -2.07. The maximum absolute atomic E-state index is 11.8. The predicted octanol–water partition coefficient (Wildman–Crippen LogP) is 3.37. The van der Waals surface area contributed by atoms with Crippen LogP contribution in [-0.2, 0) is 0 Å². The zero-order valence-electron chi connectivity index (χ0n) is 10.2. The van der Waals surface area contributed by atoms with E-state index in [0.29, 0.717) is 27.2 Å². The molecular formula is C11H11Cl2N5O. The SMILES string of the molecule is Cc1n[nH]c(C)c1NC(=O)Nc1cc(Cl)c(Cl)cn1. The number of nitrogens with zero attached hydrogens (tertiary/aromatic N) is 2. The number of halogens is 2. The van der Waals surface area contributed by atoms with Crippen LogP contribution < -0.4 is 10.6 Å². The Balaban J connectivity index is 2.07. The second-order valence-corrected chi connectivity index (χ2v) is 4.69. The molecule has 2 aromatic rings. The fourth-order valence-electron chi connectivity index (χ4n) is 1.48. The van der Waals surface area contributed by atoms with Gasteiger partial charge in [0.25, 0.3) is 0 Å². The van der Waals surface area contributed by atoms with Crippen molar-refractivity contribution in [2.24, 2.45) is 0 Å². The molecule has 19 heavy (non-hydrogen) atoms. The van der Waals surface area contributed by atoms with Crippen molar-refractivity contribution in [2.75, 3.05) is 10.6 Å². The average molecular weight is 300 g/mol. The monoisotopic (exact) mass is 299 g/mol. The van der Waals surface area contributed by atoms with Crippen LogP contribution in [0.15, 0.2) is 12.3 Å². The van der Waals surface area contributed by atoms with Gasteiger partial charge in [-0.05, 0) is 13.8 Å². The van der Waals surface area contributed by atoms with Crippen molar-refractivity contribution in [3.8, 4) is 0 Å². The van der Waals surface area contributed by atoms with Crippen LogP contribution in [0, 0.1) is 13.8 Å². The summed E-state index contributed by atoms with van der Waals surface area (Å²) in [5.41, 5.74) is 2.11. The summed E-state index contributed by atoms with van der Waals surface area (Å²) in [5.74, 6) is 0.311. The number of H-pyrrole nitrogens is 1. The molecule has 0 aliphatic rings. The molecule has 100 valence electrons. The standard InChI is InChI=1S/C11H11Cl2N5O/c1-5-10(6(2)18-17-5)16-11(19)15-9-3-7(12)8(13)4-14-9/h3-4H,1-2H3,(H,17,18)(H2,14,15,16,19). The van der Waals surface area contributed by atoms with E-state index in [1.165, 1.54) is 12.3 Å². The number of aromatic nitrogens is 3. The van der Waals surface area contributed by atoms with Crippen molar-refractivity contribution in [1.82, 2.24) is 15.2 Å². The first-order chi connectivity index (χ1) is 8.97. The third-order valence-corrected chi connectivity index (χ3v) is 3.13. The predicted molar refractivity (Wildman–Crippen MR) is 75.0 cm³/mol. The van der Waals surface area contributed by atoms with Gasteiger partial charge in [0.2, 0.25) is 0 Å². The second-order valence-electron chi connectivity index (χ2n) is 3.87. The first kappa shape index (κ1) is 13.6. The Morgan fingerprint density at radius 2 is 2.00 bits per heavy atom. The van der Waals surface area contributed by atoms with E-state index in [-0.39, 0.29) is 0 Å². The molecule has 0 saturated heterocycles. The van der Waals surface area contributed by atoms with Gasteiger partial charge in [0.05, 0.1) is 27.1 Å². The van der Waals surface area contributed by atoms with Crippen LogP contribution in [0.5, 0.6) is 0 Å². The molecule has 2 rings (SSSR count). The molecule has 0 atom stereocenters. The molecule has 0 unspecified atom stereocenters. The summed E-state index contributed by atoms with van der Waals surface area (Å²) in [6.45, 7) is 3.60.